The molecule has 0 saturated heterocycles. The molecule has 3 N–H and O–H groups in total. The van der Waals surface area contributed by atoms with E-state index < -0.39 is 28.5 Å². The third-order valence-corrected chi connectivity index (χ3v) is 5.48. The Bertz CT molecular complexity index is 1290. The van der Waals surface area contributed by atoms with Crippen LogP contribution < -0.4 is 10.5 Å². The Morgan fingerprint density at radius 3 is 2.25 bits per heavy atom. The van der Waals surface area contributed by atoms with E-state index in [0.29, 0.717) is 11.1 Å². The molecule has 3 aromatic carbocycles. The Hall–Kier alpha value is -3.82. The average molecular weight is 452 g/mol. The number of carbonyl (C=O) groups excluding carboxylic acids is 3. The van der Waals surface area contributed by atoms with Crippen LogP contribution in [0.1, 0.15) is 31.8 Å². The molecule has 0 aliphatic heterocycles. The fourth-order valence-electron chi connectivity index (χ4n) is 2.93. The quantitative estimate of drug-likeness (QED) is 0.418. The summed E-state index contributed by atoms with van der Waals surface area (Å²) < 4.78 is 28.0. The number of rotatable bonds is 7. The van der Waals surface area contributed by atoms with Gasteiger partial charge in [0.15, 0.2) is 12.4 Å². The predicted molar refractivity (Wildman–Crippen MR) is 118 cm³/mol. The molecule has 0 aliphatic carbocycles. The molecule has 164 valence electrons. The second-order valence-corrected chi connectivity index (χ2v) is 8.45. The number of ketones is 1. The summed E-state index contributed by atoms with van der Waals surface area (Å²) in [6.07, 6.45) is 0. The number of benzene rings is 3. The number of aryl methyl sites for hydroxylation is 1. The number of primary sulfonamides is 1. The fourth-order valence-corrected chi connectivity index (χ4v) is 3.47. The van der Waals surface area contributed by atoms with Gasteiger partial charge in [0.2, 0.25) is 10.0 Å². The molecule has 0 radical (unpaired) electrons. The lowest BCUT2D eigenvalue weighted by atomic mass is 10.0. The number of nitrogens with two attached hydrogens (primary N) is 1. The van der Waals surface area contributed by atoms with Crippen LogP contribution in [-0.2, 0) is 19.6 Å². The van der Waals surface area contributed by atoms with Crippen LogP contribution in [0.25, 0.3) is 0 Å². The maximum absolute atomic E-state index is 12.8. The van der Waals surface area contributed by atoms with Crippen LogP contribution in [0.4, 0.5) is 5.69 Å². The zero-order chi connectivity index (χ0) is 23.3. The summed E-state index contributed by atoms with van der Waals surface area (Å²) in [7, 11) is -4.00. The number of carbonyl (C=O) groups is 3. The molecule has 32 heavy (non-hydrogen) atoms. The minimum atomic E-state index is -4.00. The number of sulfonamides is 1. The van der Waals surface area contributed by atoms with Crippen molar-refractivity contribution < 1.29 is 27.5 Å². The van der Waals surface area contributed by atoms with Gasteiger partial charge in [0.05, 0.1) is 16.1 Å². The number of amides is 1. The molecule has 0 heterocycles. The van der Waals surface area contributed by atoms with Gasteiger partial charge in [-0.05, 0) is 36.8 Å². The first-order valence-corrected chi connectivity index (χ1v) is 11.0. The van der Waals surface area contributed by atoms with E-state index in [2.05, 4.69) is 5.32 Å². The Kier molecular flexibility index (Phi) is 6.82. The Labute approximate surface area is 185 Å². The molecule has 0 aliphatic rings. The largest absolute Gasteiger partial charge is 0.452 e. The number of nitrogens with one attached hydrogen (secondary N) is 1. The topological polar surface area (TPSA) is 133 Å². The zero-order valence-corrected chi connectivity index (χ0v) is 17.9. The summed E-state index contributed by atoms with van der Waals surface area (Å²) in [5.74, 6) is -1.81. The van der Waals surface area contributed by atoms with E-state index in [-0.39, 0.29) is 27.5 Å². The summed E-state index contributed by atoms with van der Waals surface area (Å²) in [5, 5.41) is 7.66. The van der Waals surface area contributed by atoms with Gasteiger partial charge in [-0.25, -0.2) is 18.4 Å². The van der Waals surface area contributed by atoms with Crippen LogP contribution in [0.15, 0.2) is 77.7 Å². The molecular weight excluding hydrogens is 432 g/mol. The first-order chi connectivity index (χ1) is 15.2. The molecule has 0 bridgehead atoms. The summed E-state index contributed by atoms with van der Waals surface area (Å²) >= 11 is 0. The van der Waals surface area contributed by atoms with Crippen molar-refractivity contribution >= 4 is 33.4 Å². The van der Waals surface area contributed by atoms with Crippen LogP contribution in [0.5, 0.6) is 0 Å². The highest BCUT2D eigenvalue weighted by Gasteiger charge is 2.18. The highest BCUT2D eigenvalue weighted by molar-refractivity contribution is 7.89. The van der Waals surface area contributed by atoms with Gasteiger partial charge in [0.25, 0.3) is 5.91 Å². The molecule has 0 atom stereocenters. The molecule has 8 nitrogen and oxygen atoms in total. The lowest BCUT2D eigenvalue weighted by Crippen LogP contribution is -2.22. The molecular formula is C23H20N2O6S. The van der Waals surface area contributed by atoms with Crippen LogP contribution in [-0.4, -0.2) is 32.7 Å². The smallest absolute Gasteiger partial charge is 0.338 e. The van der Waals surface area contributed by atoms with Gasteiger partial charge in [-0.3, -0.25) is 9.59 Å². The van der Waals surface area contributed by atoms with Crippen molar-refractivity contribution in [2.24, 2.45) is 5.14 Å². The Morgan fingerprint density at radius 2 is 1.56 bits per heavy atom. The number of esters is 1. The summed E-state index contributed by atoms with van der Waals surface area (Å²) in [6.45, 7) is 0.959. The van der Waals surface area contributed by atoms with Gasteiger partial charge < -0.3 is 10.1 Å². The number of para-hydroxylation sites is 1. The fraction of sp³-hybridized carbons (Fsp3) is 0.0870. The molecule has 3 rings (SSSR count). The van der Waals surface area contributed by atoms with Crippen molar-refractivity contribution in [2.75, 3.05) is 11.9 Å². The predicted octanol–water partition coefficient (Wildman–Crippen LogP) is 2.67. The van der Waals surface area contributed by atoms with Crippen molar-refractivity contribution in [2.45, 2.75) is 11.8 Å². The van der Waals surface area contributed by atoms with E-state index in [4.69, 9.17) is 9.88 Å². The van der Waals surface area contributed by atoms with Crippen molar-refractivity contribution in [3.05, 3.63) is 95.1 Å². The number of anilines is 1. The van der Waals surface area contributed by atoms with Crippen molar-refractivity contribution in [3.63, 3.8) is 0 Å². The van der Waals surface area contributed by atoms with Gasteiger partial charge in [-0.1, -0.05) is 48.5 Å². The molecule has 1 amide bonds. The summed E-state index contributed by atoms with van der Waals surface area (Å²) in [4.78, 5) is 37.2. The molecule has 0 aromatic heterocycles. The van der Waals surface area contributed by atoms with E-state index >= 15 is 0 Å². The maximum Gasteiger partial charge on any atom is 0.338 e. The second-order valence-electron chi connectivity index (χ2n) is 6.89. The normalized spacial score (nSPS) is 10.9. The van der Waals surface area contributed by atoms with Crippen LogP contribution >= 0.6 is 0 Å². The van der Waals surface area contributed by atoms with Crippen molar-refractivity contribution in [1.82, 2.24) is 0 Å². The first kappa shape index (κ1) is 22.9. The van der Waals surface area contributed by atoms with Crippen LogP contribution in [0.2, 0.25) is 0 Å². The van der Waals surface area contributed by atoms with E-state index in [9.17, 15) is 22.8 Å². The number of hydrogen-bond donors (Lipinski definition) is 2. The Balaban J connectivity index is 1.70. The van der Waals surface area contributed by atoms with Gasteiger partial charge in [-0.15, -0.1) is 0 Å². The van der Waals surface area contributed by atoms with Gasteiger partial charge in [0, 0.05) is 11.1 Å². The van der Waals surface area contributed by atoms with Gasteiger partial charge >= 0.3 is 5.97 Å². The van der Waals surface area contributed by atoms with E-state index in [0.717, 1.165) is 6.07 Å². The summed E-state index contributed by atoms with van der Waals surface area (Å²) in [6, 6.07) is 18.9. The van der Waals surface area contributed by atoms with Gasteiger partial charge in [0.1, 0.15) is 0 Å². The third-order valence-electron chi connectivity index (χ3n) is 4.57. The molecule has 0 spiro atoms. The first-order valence-electron chi connectivity index (χ1n) is 9.46. The van der Waals surface area contributed by atoms with E-state index in [1.165, 1.54) is 12.1 Å². The SMILES string of the molecule is Cc1ccc(S(N)(=O)=O)cc1C(=O)OCC(=O)Nc1ccccc1C(=O)c1ccccc1. The van der Waals surface area contributed by atoms with Crippen molar-refractivity contribution in [1.29, 1.82) is 0 Å². The zero-order valence-electron chi connectivity index (χ0n) is 17.1. The number of hydrogen-bond acceptors (Lipinski definition) is 6. The third kappa shape index (κ3) is 5.45. The minimum Gasteiger partial charge on any atom is -0.452 e. The highest BCUT2D eigenvalue weighted by Crippen LogP contribution is 2.20. The Morgan fingerprint density at radius 1 is 0.906 bits per heavy atom. The lowest BCUT2D eigenvalue weighted by molar-refractivity contribution is -0.119. The van der Waals surface area contributed by atoms with Gasteiger partial charge in [-0.2, -0.15) is 0 Å². The summed E-state index contributed by atoms with van der Waals surface area (Å²) in [5.41, 5.74) is 1.46. The van der Waals surface area contributed by atoms with E-state index in [1.54, 1.807) is 61.5 Å². The number of ether oxygens (including phenoxy) is 1. The second kappa shape index (κ2) is 9.54. The molecule has 0 fully saturated rings. The molecule has 9 heteroatoms. The molecule has 0 unspecified atom stereocenters. The van der Waals surface area contributed by atoms with E-state index in [1.807, 2.05) is 0 Å². The maximum atomic E-state index is 12.8. The lowest BCUT2D eigenvalue weighted by Gasteiger charge is -2.12. The van der Waals surface area contributed by atoms with Crippen LogP contribution in [0, 0.1) is 6.92 Å². The highest BCUT2D eigenvalue weighted by atomic mass is 32.2. The minimum absolute atomic E-state index is 0.0241. The average Bonchev–Trinajstić information content (AvgIpc) is 2.77. The standard InChI is InChI=1S/C23H20N2O6S/c1-15-11-12-17(32(24,29)30)13-19(15)23(28)31-14-21(26)25-20-10-6-5-9-18(20)22(27)16-7-3-2-4-8-16/h2-13H,14H2,1H3,(H,25,26)(H2,24,29,30). The monoisotopic (exact) mass is 452 g/mol. The van der Waals surface area contributed by atoms with Crippen molar-refractivity contribution in [3.8, 4) is 0 Å². The molecule has 0 saturated carbocycles. The van der Waals surface area contributed by atoms with Crippen LogP contribution in [0.3, 0.4) is 0 Å². The molecule has 3 aromatic rings.